The minimum absolute atomic E-state index is 0.0328. The van der Waals surface area contributed by atoms with Gasteiger partial charge in [-0.1, -0.05) is 19.9 Å². The SMILES string of the molecule is COC[NH+]([O-])C1=CN(/C=C/C(C)C)NC1. The third-order valence-corrected chi connectivity index (χ3v) is 2.01. The van der Waals surface area contributed by atoms with Crippen molar-refractivity contribution in [1.82, 2.24) is 10.4 Å². The van der Waals surface area contributed by atoms with Crippen molar-refractivity contribution in [3.8, 4) is 0 Å². The van der Waals surface area contributed by atoms with Crippen molar-refractivity contribution in [2.24, 2.45) is 5.92 Å². The monoisotopic (exact) mass is 213 g/mol. The highest BCUT2D eigenvalue weighted by Gasteiger charge is 2.15. The smallest absolute Gasteiger partial charge is 0.185 e. The second-order valence-corrected chi connectivity index (χ2v) is 3.84. The first kappa shape index (κ1) is 12.2. The highest BCUT2D eigenvalue weighted by atomic mass is 16.6. The van der Waals surface area contributed by atoms with E-state index >= 15 is 0 Å². The van der Waals surface area contributed by atoms with Crippen LogP contribution in [0.5, 0.6) is 0 Å². The van der Waals surface area contributed by atoms with E-state index in [9.17, 15) is 5.21 Å². The van der Waals surface area contributed by atoms with Crippen LogP contribution in [0.15, 0.2) is 24.2 Å². The Hall–Kier alpha value is -0.880. The van der Waals surface area contributed by atoms with Crippen LogP contribution in [0.25, 0.3) is 0 Å². The highest BCUT2D eigenvalue weighted by molar-refractivity contribution is 5.03. The summed E-state index contributed by atoms with van der Waals surface area (Å²) in [6, 6.07) is 0. The van der Waals surface area contributed by atoms with Gasteiger partial charge in [-0.3, -0.25) is 5.01 Å². The van der Waals surface area contributed by atoms with Crippen LogP contribution >= 0.6 is 0 Å². The summed E-state index contributed by atoms with van der Waals surface area (Å²) in [6.07, 6.45) is 5.80. The van der Waals surface area contributed by atoms with Crippen molar-refractivity contribution < 1.29 is 9.80 Å². The highest BCUT2D eigenvalue weighted by Crippen LogP contribution is 2.01. The number of hydrazine groups is 1. The van der Waals surface area contributed by atoms with Crippen molar-refractivity contribution in [3.63, 3.8) is 0 Å². The van der Waals surface area contributed by atoms with E-state index in [-0.39, 0.29) is 11.8 Å². The van der Waals surface area contributed by atoms with Gasteiger partial charge in [0.25, 0.3) is 0 Å². The Balaban J connectivity index is 2.47. The molecule has 0 aromatic rings. The van der Waals surface area contributed by atoms with Crippen LogP contribution < -0.4 is 10.5 Å². The number of hydrogen-bond donors (Lipinski definition) is 2. The third kappa shape index (κ3) is 4.01. The van der Waals surface area contributed by atoms with Crippen LogP contribution in [-0.4, -0.2) is 25.4 Å². The predicted octanol–water partition coefficient (Wildman–Crippen LogP) is -0.196. The van der Waals surface area contributed by atoms with Gasteiger partial charge in [-0.2, -0.15) is 0 Å². The molecule has 1 aliphatic heterocycles. The lowest BCUT2D eigenvalue weighted by atomic mass is 10.2. The van der Waals surface area contributed by atoms with Crippen molar-refractivity contribution in [3.05, 3.63) is 29.4 Å². The average Bonchev–Trinajstić information content (AvgIpc) is 2.63. The topological polar surface area (TPSA) is 52.0 Å². The molecule has 5 nitrogen and oxygen atoms in total. The molecule has 1 atom stereocenters. The molecule has 0 aromatic carbocycles. The van der Waals surface area contributed by atoms with E-state index in [0.717, 1.165) is 5.70 Å². The molecule has 0 aliphatic carbocycles. The van der Waals surface area contributed by atoms with Gasteiger partial charge in [0.2, 0.25) is 0 Å². The Morgan fingerprint density at radius 2 is 2.47 bits per heavy atom. The molecule has 0 radical (unpaired) electrons. The molecule has 1 aliphatic rings. The maximum Gasteiger partial charge on any atom is 0.185 e. The maximum absolute atomic E-state index is 11.4. The summed E-state index contributed by atoms with van der Waals surface area (Å²) in [4.78, 5) is 0. The molecule has 1 unspecified atom stereocenters. The number of quaternary nitrogens is 1. The molecule has 0 fully saturated rings. The molecule has 0 amide bonds. The summed E-state index contributed by atoms with van der Waals surface area (Å²) in [5.74, 6) is 0.499. The number of allylic oxidation sites excluding steroid dienone is 1. The second-order valence-electron chi connectivity index (χ2n) is 3.84. The average molecular weight is 213 g/mol. The minimum Gasteiger partial charge on any atom is -0.627 e. The van der Waals surface area contributed by atoms with Gasteiger partial charge in [0, 0.05) is 13.3 Å². The van der Waals surface area contributed by atoms with Crippen molar-refractivity contribution in [2.45, 2.75) is 13.8 Å². The standard InChI is InChI=1S/C10H19N3O2/c1-9(2)4-5-12-7-10(6-11-12)13(14)8-15-3/h4-5,7,9,11,13H,6,8H2,1-3H3/b5-4+. The van der Waals surface area contributed by atoms with Gasteiger partial charge < -0.3 is 15.0 Å². The molecule has 0 bridgehead atoms. The van der Waals surface area contributed by atoms with E-state index in [1.54, 1.807) is 6.20 Å². The van der Waals surface area contributed by atoms with Gasteiger partial charge >= 0.3 is 0 Å². The van der Waals surface area contributed by atoms with E-state index < -0.39 is 0 Å². The first-order valence-corrected chi connectivity index (χ1v) is 5.06. The van der Waals surface area contributed by atoms with E-state index in [0.29, 0.717) is 12.5 Å². The molecule has 0 saturated heterocycles. The van der Waals surface area contributed by atoms with Crippen LogP contribution in [0.2, 0.25) is 0 Å². The van der Waals surface area contributed by atoms with Crippen molar-refractivity contribution >= 4 is 0 Å². The first-order valence-electron chi connectivity index (χ1n) is 5.06. The van der Waals surface area contributed by atoms with Crippen molar-refractivity contribution in [1.29, 1.82) is 0 Å². The lowest BCUT2D eigenvalue weighted by Gasteiger charge is -2.20. The van der Waals surface area contributed by atoms with Gasteiger partial charge in [0.1, 0.15) is 5.70 Å². The van der Waals surface area contributed by atoms with Gasteiger partial charge in [0.15, 0.2) is 6.73 Å². The molecule has 15 heavy (non-hydrogen) atoms. The molecule has 5 heteroatoms. The molecule has 1 rings (SSSR count). The Labute approximate surface area is 90.5 Å². The molecule has 0 saturated carbocycles. The van der Waals surface area contributed by atoms with Crippen LogP contribution in [0, 0.1) is 11.1 Å². The van der Waals surface area contributed by atoms with E-state index in [1.807, 2.05) is 11.2 Å². The number of ether oxygens (including phenoxy) is 1. The zero-order valence-corrected chi connectivity index (χ0v) is 9.49. The van der Waals surface area contributed by atoms with E-state index in [2.05, 4.69) is 25.3 Å². The largest absolute Gasteiger partial charge is 0.627 e. The molecule has 1 heterocycles. The summed E-state index contributed by atoms with van der Waals surface area (Å²) in [7, 11) is 1.53. The van der Waals surface area contributed by atoms with E-state index in [4.69, 9.17) is 4.74 Å². The summed E-state index contributed by atoms with van der Waals surface area (Å²) in [6.45, 7) is 4.93. The summed E-state index contributed by atoms with van der Waals surface area (Å²) in [5.41, 5.74) is 3.83. The lowest BCUT2D eigenvalue weighted by Crippen LogP contribution is -3.06. The minimum atomic E-state index is 0.0328. The first-order chi connectivity index (χ1) is 7.13. The molecular weight excluding hydrogens is 194 g/mol. The molecule has 0 spiro atoms. The van der Waals surface area contributed by atoms with E-state index in [1.165, 1.54) is 7.11 Å². The fourth-order valence-corrected chi connectivity index (χ4v) is 1.19. The summed E-state index contributed by atoms with van der Waals surface area (Å²) < 4.78 is 4.79. The number of methoxy groups -OCH3 is 1. The quantitative estimate of drug-likeness (QED) is 0.491. The van der Waals surface area contributed by atoms with Crippen LogP contribution in [0.4, 0.5) is 0 Å². The predicted molar refractivity (Wildman–Crippen MR) is 58.1 cm³/mol. The molecule has 0 aromatic heterocycles. The normalized spacial score (nSPS) is 19.0. The van der Waals surface area contributed by atoms with Crippen LogP contribution in [0.3, 0.4) is 0 Å². The van der Waals surface area contributed by atoms with Gasteiger partial charge in [0.05, 0.1) is 12.7 Å². The Morgan fingerprint density at radius 1 is 1.73 bits per heavy atom. The molecular formula is C10H19N3O2. The Morgan fingerprint density at radius 3 is 3.07 bits per heavy atom. The summed E-state index contributed by atoms with van der Waals surface area (Å²) in [5, 5.41) is 13.3. The van der Waals surface area contributed by atoms with Gasteiger partial charge in [-0.15, -0.1) is 0 Å². The second kappa shape index (κ2) is 5.87. The zero-order chi connectivity index (χ0) is 11.3. The third-order valence-electron chi connectivity index (χ3n) is 2.01. The fraction of sp³-hybridized carbons (Fsp3) is 0.600. The maximum atomic E-state index is 11.4. The fourth-order valence-electron chi connectivity index (χ4n) is 1.19. The number of hydroxylamine groups is 2. The van der Waals surface area contributed by atoms with Crippen LogP contribution in [-0.2, 0) is 4.74 Å². The molecule has 2 N–H and O–H groups in total. The summed E-state index contributed by atoms with van der Waals surface area (Å²) >= 11 is 0. The number of nitrogens with one attached hydrogen (secondary N) is 2. The lowest BCUT2D eigenvalue weighted by molar-refractivity contribution is -0.829. The van der Waals surface area contributed by atoms with Crippen LogP contribution in [0.1, 0.15) is 13.8 Å². The number of rotatable bonds is 5. The Kier molecular flexibility index (Phi) is 4.77. The molecule has 86 valence electrons. The zero-order valence-electron chi connectivity index (χ0n) is 9.49. The van der Waals surface area contributed by atoms with Gasteiger partial charge in [-0.05, 0) is 5.92 Å². The van der Waals surface area contributed by atoms with Crippen molar-refractivity contribution in [2.75, 3.05) is 20.4 Å². The number of nitrogens with zero attached hydrogens (tertiary/aromatic N) is 1. The Bertz CT molecular complexity index is 251. The number of hydrogen-bond acceptors (Lipinski definition) is 4. The van der Waals surface area contributed by atoms with Gasteiger partial charge in [-0.25, -0.2) is 5.43 Å².